The summed E-state index contributed by atoms with van der Waals surface area (Å²) < 4.78 is 13.3. The van der Waals surface area contributed by atoms with Crippen LogP contribution in [0, 0.1) is 7.14 Å². The molecular formula is C14H12I2O2. The average Bonchev–Trinajstić information content (AvgIpc) is 2.36. The zero-order valence-electron chi connectivity index (χ0n) is 10.0. The Kier molecular flexibility index (Phi) is 4.71. The second kappa shape index (κ2) is 6.10. The van der Waals surface area contributed by atoms with E-state index in [0.29, 0.717) is 0 Å². The highest BCUT2D eigenvalue weighted by atomic mass is 127. The molecule has 2 rings (SSSR count). The third-order valence-electron chi connectivity index (χ3n) is 2.58. The van der Waals surface area contributed by atoms with Crippen molar-refractivity contribution >= 4 is 45.2 Å². The highest BCUT2D eigenvalue weighted by molar-refractivity contribution is 14.1. The van der Waals surface area contributed by atoms with Crippen LogP contribution in [0.2, 0.25) is 0 Å². The lowest BCUT2D eigenvalue weighted by Crippen LogP contribution is -1.93. The predicted octanol–water partition coefficient (Wildman–Crippen LogP) is 4.58. The second-order valence-electron chi connectivity index (χ2n) is 3.70. The van der Waals surface area contributed by atoms with Crippen molar-refractivity contribution in [2.24, 2.45) is 0 Å². The van der Waals surface area contributed by atoms with Gasteiger partial charge in [0.05, 0.1) is 19.8 Å². The molecule has 0 aliphatic rings. The first-order valence-corrected chi connectivity index (χ1v) is 7.49. The molecule has 2 nitrogen and oxygen atoms in total. The highest BCUT2D eigenvalue weighted by Gasteiger charge is 2.13. The Labute approximate surface area is 134 Å². The quantitative estimate of drug-likeness (QED) is 0.618. The normalized spacial score (nSPS) is 10.2. The number of halogens is 2. The molecule has 0 saturated carbocycles. The Hall–Kier alpha value is -0.500. The molecule has 0 heterocycles. The zero-order valence-corrected chi connectivity index (χ0v) is 14.4. The molecule has 0 amide bonds. The summed E-state index contributed by atoms with van der Waals surface area (Å²) in [7, 11) is 3.36. The molecule has 2 aromatic rings. The van der Waals surface area contributed by atoms with Crippen LogP contribution in [0.3, 0.4) is 0 Å². The van der Waals surface area contributed by atoms with Gasteiger partial charge in [0.15, 0.2) is 0 Å². The molecule has 0 atom stereocenters. The van der Waals surface area contributed by atoms with Crippen molar-refractivity contribution in [2.45, 2.75) is 0 Å². The summed E-state index contributed by atoms with van der Waals surface area (Å²) in [5.41, 5.74) is 2.11. The van der Waals surface area contributed by atoms with Gasteiger partial charge < -0.3 is 9.47 Å². The van der Waals surface area contributed by atoms with Gasteiger partial charge in [0.25, 0.3) is 0 Å². The third-order valence-corrected chi connectivity index (χ3v) is 3.82. The minimum Gasteiger partial charge on any atom is -0.496 e. The van der Waals surface area contributed by atoms with Crippen molar-refractivity contribution in [1.29, 1.82) is 0 Å². The van der Waals surface area contributed by atoms with Crippen LogP contribution in [0.25, 0.3) is 11.1 Å². The summed E-state index contributed by atoms with van der Waals surface area (Å²) >= 11 is 4.64. The number of benzene rings is 2. The SMILES string of the molecule is COc1cccc(OC)c1-c1cc(I)cc(I)c1. The van der Waals surface area contributed by atoms with Gasteiger partial charge in [-0.2, -0.15) is 0 Å². The number of hydrogen-bond acceptors (Lipinski definition) is 2. The Bertz CT molecular complexity index is 525. The van der Waals surface area contributed by atoms with Gasteiger partial charge in [-0.3, -0.25) is 0 Å². The maximum atomic E-state index is 5.44. The van der Waals surface area contributed by atoms with Crippen LogP contribution in [0.5, 0.6) is 11.5 Å². The summed E-state index contributed by atoms with van der Waals surface area (Å²) in [4.78, 5) is 0. The molecule has 0 saturated heterocycles. The molecule has 4 heteroatoms. The van der Waals surface area contributed by atoms with E-state index < -0.39 is 0 Å². The number of rotatable bonds is 3. The fourth-order valence-electron chi connectivity index (χ4n) is 1.83. The van der Waals surface area contributed by atoms with Crippen molar-refractivity contribution in [3.05, 3.63) is 43.5 Å². The van der Waals surface area contributed by atoms with E-state index in [9.17, 15) is 0 Å². The van der Waals surface area contributed by atoms with Crippen LogP contribution in [0.15, 0.2) is 36.4 Å². The molecule has 0 fully saturated rings. The Morgan fingerprint density at radius 1 is 0.833 bits per heavy atom. The summed E-state index contributed by atoms with van der Waals surface area (Å²) in [6, 6.07) is 12.2. The van der Waals surface area contributed by atoms with Gasteiger partial charge in [-0.1, -0.05) is 6.07 Å². The lowest BCUT2D eigenvalue weighted by molar-refractivity contribution is 0.397. The largest absolute Gasteiger partial charge is 0.496 e. The first-order valence-electron chi connectivity index (χ1n) is 5.33. The lowest BCUT2D eigenvalue weighted by atomic mass is 10.0. The molecule has 0 unspecified atom stereocenters. The van der Waals surface area contributed by atoms with Crippen LogP contribution >= 0.6 is 45.2 Å². The smallest absolute Gasteiger partial charge is 0.130 e. The molecule has 0 N–H and O–H groups in total. The van der Waals surface area contributed by atoms with E-state index in [4.69, 9.17) is 9.47 Å². The summed E-state index contributed by atoms with van der Waals surface area (Å²) in [6.07, 6.45) is 0. The van der Waals surface area contributed by atoms with Crippen molar-refractivity contribution in [2.75, 3.05) is 14.2 Å². The predicted molar refractivity (Wildman–Crippen MR) is 90.4 cm³/mol. The second-order valence-corrected chi connectivity index (χ2v) is 6.19. The van der Waals surface area contributed by atoms with Crippen LogP contribution < -0.4 is 9.47 Å². The number of hydrogen-bond donors (Lipinski definition) is 0. The maximum absolute atomic E-state index is 5.44. The van der Waals surface area contributed by atoms with E-state index in [2.05, 4.69) is 63.4 Å². The van der Waals surface area contributed by atoms with E-state index in [1.165, 1.54) is 7.14 Å². The van der Waals surface area contributed by atoms with Crippen LogP contribution in [0.4, 0.5) is 0 Å². The molecule has 0 aromatic heterocycles. The number of ether oxygens (including phenoxy) is 2. The van der Waals surface area contributed by atoms with E-state index in [0.717, 1.165) is 22.6 Å². The van der Waals surface area contributed by atoms with Crippen LogP contribution in [-0.4, -0.2) is 14.2 Å². The monoisotopic (exact) mass is 466 g/mol. The van der Waals surface area contributed by atoms with Gasteiger partial charge >= 0.3 is 0 Å². The fourth-order valence-corrected chi connectivity index (χ4v) is 3.77. The minimum absolute atomic E-state index is 0.826. The van der Waals surface area contributed by atoms with Gasteiger partial charge in [-0.15, -0.1) is 0 Å². The summed E-state index contributed by atoms with van der Waals surface area (Å²) in [5, 5.41) is 0. The van der Waals surface area contributed by atoms with E-state index in [1.807, 2.05) is 18.2 Å². The van der Waals surface area contributed by atoms with E-state index in [1.54, 1.807) is 14.2 Å². The molecule has 94 valence electrons. The Balaban J connectivity index is 2.68. The Morgan fingerprint density at radius 2 is 1.33 bits per heavy atom. The van der Waals surface area contributed by atoms with Crippen molar-refractivity contribution in [1.82, 2.24) is 0 Å². The molecule has 0 radical (unpaired) electrons. The molecule has 18 heavy (non-hydrogen) atoms. The zero-order chi connectivity index (χ0) is 13.1. The first-order chi connectivity index (χ1) is 8.65. The van der Waals surface area contributed by atoms with Crippen molar-refractivity contribution in [3.63, 3.8) is 0 Å². The van der Waals surface area contributed by atoms with Crippen molar-refractivity contribution < 1.29 is 9.47 Å². The van der Waals surface area contributed by atoms with E-state index in [-0.39, 0.29) is 0 Å². The Morgan fingerprint density at radius 3 is 1.78 bits per heavy atom. The van der Waals surface area contributed by atoms with Gasteiger partial charge in [0.1, 0.15) is 11.5 Å². The minimum atomic E-state index is 0.826. The fraction of sp³-hybridized carbons (Fsp3) is 0.143. The lowest BCUT2D eigenvalue weighted by Gasteiger charge is -2.13. The van der Waals surface area contributed by atoms with Gasteiger partial charge in [-0.05, 0) is 81.1 Å². The van der Waals surface area contributed by atoms with Gasteiger partial charge in [0, 0.05) is 7.14 Å². The third kappa shape index (κ3) is 2.90. The summed E-state index contributed by atoms with van der Waals surface area (Å²) in [6.45, 7) is 0. The average molecular weight is 466 g/mol. The van der Waals surface area contributed by atoms with Crippen LogP contribution in [0.1, 0.15) is 0 Å². The summed E-state index contributed by atoms with van der Waals surface area (Å²) in [5.74, 6) is 1.65. The van der Waals surface area contributed by atoms with Gasteiger partial charge in [0.2, 0.25) is 0 Å². The van der Waals surface area contributed by atoms with E-state index >= 15 is 0 Å². The highest BCUT2D eigenvalue weighted by Crippen LogP contribution is 2.39. The van der Waals surface area contributed by atoms with Gasteiger partial charge in [-0.25, -0.2) is 0 Å². The number of methoxy groups -OCH3 is 2. The molecule has 0 spiro atoms. The van der Waals surface area contributed by atoms with Crippen molar-refractivity contribution in [3.8, 4) is 22.6 Å². The topological polar surface area (TPSA) is 18.5 Å². The van der Waals surface area contributed by atoms with Crippen LogP contribution in [-0.2, 0) is 0 Å². The molecular weight excluding hydrogens is 454 g/mol. The first kappa shape index (κ1) is 13.9. The standard InChI is InChI=1S/C14H12I2O2/c1-17-12-4-3-5-13(18-2)14(12)9-6-10(15)8-11(16)7-9/h3-8H,1-2H3. The maximum Gasteiger partial charge on any atom is 0.130 e. The molecule has 0 aliphatic heterocycles. The molecule has 0 aliphatic carbocycles. The molecule has 0 bridgehead atoms. The molecule has 2 aromatic carbocycles.